The van der Waals surface area contributed by atoms with Crippen LogP contribution in [0.4, 0.5) is 0 Å². The summed E-state index contributed by atoms with van der Waals surface area (Å²) in [6.45, 7) is 0. The van der Waals surface area contributed by atoms with E-state index < -0.39 is 0 Å². The maximum Gasteiger partial charge on any atom is 0.0178 e. The van der Waals surface area contributed by atoms with Gasteiger partial charge in [0, 0.05) is 16.6 Å². The molecular weight excluding hydrogens is 310 g/mol. The van der Waals surface area contributed by atoms with Gasteiger partial charge in [0.2, 0.25) is 0 Å². The van der Waals surface area contributed by atoms with Gasteiger partial charge in [-0.15, -0.1) is 0 Å². The molecule has 2 saturated carbocycles. The lowest BCUT2D eigenvalue weighted by molar-refractivity contribution is 0.245. The fourth-order valence-corrected chi connectivity index (χ4v) is 4.16. The van der Waals surface area contributed by atoms with Crippen LogP contribution in [0.1, 0.15) is 69.3 Å². The average molecular weight is 336 g/mol. The predicted molar refractivity (Wildman–Crippen MR) is 89.1 cm³/mol. The first-order valence-electron chi connectivity index (χ1n) is 8.33. The summed E-state index contributed by atoms with van der Waals surface area (Å²) in [5, 5.41) is 3.93. The summed E-state index contributed by atoms with van der Waals surface area (Å²) < 4.78 is 1.21. The minimum Gasteiger partial charge on any atom is -0.311 e. The Morgan fingerprint density at radius 3 is 2.30 bits per heavy atom. The van der Waals surface area contributed by atoms with Crippen molar-refractivity contribution in [2.24, 2.45) is 0 Å². The van der Waals surface area contributed by atoms with E-state index in [2.05, 4.69) is 45.5 Å². The molecule has 1 nitrogen and oxygen atoms in total. The first kappa shape index (κ1) is 14.6. The molecule has 0 unspecified atom stereocenters. The molecule has 0 spiro atoms. The van der Waals surface area contributed by atoms with Gasteiger partial charge in [0.15, 0.2) is 0 Å². The molecule has 1 aromatic carbocycles. The summed E-state index contributed by atoms with van der Waals surface area (Å²) in [4.78, 5) is 0. The third kappa shape index (κ3) is 3.85. The predicted octanol–water partition coefficient (Wildman–Crippen LogP) is 5.40. The van der Waals surface area contributed by atoms with Crippen LogP contribution in [0.3, 0.4) is 0 Å². The van der Waals surface area contributed by atoms with E-state index in [4.69, 9.17) is 0 Å². The van der Waals surface area contributed by atoms with Crippen molar-refractivity contribution in [1.29, 1.82) is 0 Å². The lowest BCUT2D eigenvalue weighted by atomic mass is 9.75. The zero-order valence-corrected chi connectivity index (χ0v) is 13.9. The summed E-state index contributed by atoms with van der Waals surface area (Å²) in [6, 6.07) is 10.4. The van der Waals surface area contributed by atoms with Crippen LogP contribution in [-0.4, -0.2) is 12.1 Å². The summed E-state index contributed by atoms with van der Waals surface area (Å²) in [5.74, 6) is 0.776. The van der Waals surface area contributed by atoms with Crippen molar-refractivity contribution in [3.8, 4) is 0 Å². The van der Waals surface area contributed by atoms with Crippen LogP contribution in [0.5, 0.6) is 0 Å². The first-order chi connectivity index (χ1) is 9.81. The van der Waals surface area contributed by atoms with Crippen molar-refractivity contribution in [3.05, 3.63) is 34.3 Å². The third-order valence-electron chi connectivity index (χ3n) is 5.03. The highest BCUT2D eigenvalue weighted by Gasteiger charge is 2.31. The maximum atomic E-state index is 3.93. The molecule has 1 aromatic rings. The Kier molecular flexibility index (Phi) is 5.17. The topological polar surface area (TPSA) is 12.0 Å². The van der Waals surface area contributed by atoms with Gasteiger partial charge in [-0.3, -0.25) is 0 Å². The largest absolute Gasteiger partial charge is 0.311 e. The molecule has 0 bridgehead atoms. The molecule has 1 N–H and O–H groups in total. The van der Waals surface area contributed by atoms with E-state index in [1.165, 1.54) is 67.8 Å². The van der Waals surface area contributed by atoms with E-state index >= 15 is 0 Å². The molecule has 20 heavy (non-hydrogen) atoms. The van der Waals surface area contributed by atoms with Crippen molar-refractivity contribution >= 4 is 15.9 Å². The smallest absolute Gasteiger partial charge is 0.0178 e. The standard InChI is InChI=1S/C18H26BrN/c19-16-8-6-7-14(11-16)15-12-18(13-15)20-17-9-4-2-1-3-5-10-17/h6-8,11,15,17-18,20H,1-5,9-10,12-13H2. The number of hydrogen-bond acceptors (Lipinski definition) is 1. The molecule has 0 saturated heterocycles. The van der Waals surface area contributed by atoms with Gasteiger partial charge in [-0.25, -0.2) is 0 Å². The highest BCUT2D eigenvalue weighted by atomic mass is 79.9. The Hall–Kier alpha value is -0.340. The van der Waals surface area contributed by atoms with Crippen molar-refractivity contribution in [3.63, 3.8) is 0 Å². The van der Waals surface area contributed by atoms with E-state index in [1.807, 2.05) is 0 Å². The molecule has 0 heterocycles. The fraction of sp³-hybridized carbons (Fsp3) is 0.667. The van der Waals surface area contributed by atoms with Crippen LogP contribution in [0.2, 0.25) is 0 Å². The second-order valence-corrected chi connectivity index (χ2v) is 7.54. The van der Waals surface area contributed by atoms with Crippen LogP contribution in [0.15, 0.2) is 28.7 Å². The van der Waals surface area contributed by atoms with Crippen LogP contribution in [0.25, 0.3) is 0 Å². The molecule has 0 aromatic heterocycles. The SMILES string of the molecule is Brc1cccc(C2CC(NC3CCCCCCC3)C2)c1. The van der Waals surface area contributed by atoms with Crippen molar-refractivity contribution in [1.82, 2.24) is 5.32 Å². The molecule has 0 atom stereocenters. The van der Waals surface area contributed by atoms with Gasteiger partial charge < -0.3 is 5.32 Å². The molecule has 3 rings (SSSR count). The molecule has 2 fully saturated rings. The number of halogens is 1. The first-order valence-corrected chi connectivity index (χ1v) is 9.12. The highest BCUT2D eigenvalue weighted by molar-refractivity contribution is 9.10. The summed E-state index contributed by atoms with van der Waals surface area (Å²) in [5.41, 5.74) is 1.51. The minimum atomic E-state index is 0.767. The van der Waals surface area contributed by atoms with E-state index in [0.29, 0.717) is 0 Å². The van der Waals surface area contributed by atoms with Crippen LogP contribution in [0, 0.1) is 0 Å². The van der Waals surface area contributed by atoms with Gasteiger partial charge in [0.25, 0.3) is 0 Å². The lowest BCUT2D eigenvalue weighted by Crippen LogP contribution is -2.45. The van der Waals surface area contributed by atoms with Crippen molar-refractivity contribution < 1.29 is 0 Å². The molecule has 2 aliphatic carbocycles. The van der Waals surface area contributed by atoms with E-state index in [-0.39, 0.29) is 0 Å². The van der Waals surface area contributed by atoms with Crippen LogP contribution >= 0.6 is 15.9 Å². The summed E-state index contributed by atoms with van der Waals surface area (Å²) in [7, 11) is 0. The molecule has 110 valence electrons. The maximum absolute atomic E-state index is 3.93. The normalized spacial score (nSPS) is 28.4. The third-order valence-corrected chi connectivity index (χ3v) is 5.53. The van der Waals surface area contributed by atoms with E-state index in [9.17, 15) is 0 Å². The van der Waals surface area contributed by atoms with Gasteiger partial charge in [0.05, 0.1) is 0 Å². The number of benzene rings is 1. The summed E-state index contributed by atoms with van der Waals surface area (Å²) >= 11 is 3.58. The van der Waals surface area contributed by atoms with Crippen molar-refractivity contribution in [2.75, 3.05) is 0 Å². The van der Waals surface area contributed by atoms with Gasteiger partial charge in [-0.1, -0.05) is 60.2 Å². The van der Waals surface area contributed by atoms with Gasteiger partial charge in [0.1, 0.15) is 0 Å². The number of nitrogens with one attached hydrogen (secondary N) is 1. The minimum absolute atomic E-state index is 0.767. The fourth-order valence-electron chi connectivity index (χ4n) is 3.74. The molecule has 2 heteroatoms. The van der Waals surface area contributed by atoms with Crippen molar-refractivity contribution in [2.45, 2.75) is 75.8 Å². The van der Waals surface area contributed by atoms with Gasteiger partial charge in [-0.2, -0.15) is 0 Å². The molecule has 0 aliphatic heterocycles. The quantitative estimate of drug-likeness (QED) is 0.779. The Morgan fingerprint density at radius 1 is 0.900 bits per heavy atom. The highest BCUT2D eigenvalue weighted by Crippen LogP contribution is 2.38. The lowest BCUT2D eigenvalue weighted by Gasteiger charge is -2.39. The molecule has 2 aliphatic rings. The van der Waals surface area contributed by atoms with Crippen LogP contribution < -0.4 is 5.32 Å². The Labute approximate surface area is 131 Å². The second kappa shape index (κ2) is 7.09. The molecule has 0 radical (unpaired) electrons. The van der Waals surface area contributed by atoms with Crippen LogP contribution in [-0.2, 0) is 0 Å². The Morgan fingerprint density at radius 2 is 1.60 bits per heavy atom. The average Bonchev–Trinajstić information content (AvgIpc) is 2.35. The molecule has 0 amide bonds. The monoisotopic (exact) mass is 335 g/mol. The number of rotatable bonds is 3. The zero-order valence-electron chi connectivity index (χ0n) is 12.3. The zero-order chi connectivity index (χ0) is 13.8. The van der Waals surface area contributed by atoms with E-state index in [1.54, 1.807) is 0 Å². The van der Waals surface area contributed by atoms with Gasteiger partial charge in [-0.05, 0) is 49.3 Å². The van der Waals surface area contributed by atoms with Gasteiger partial charge >= 0.3 is 0 Å². The molecular formula is C18H26BrN. The second-order valence-electron chi connectivity index (χ2n) is 6.63. The Bertz CT molecular complexity index is 417. The van der Waals surface area contributed by atoms with E-state index in [0.717, 1.165) is 18.0 Å². The Balaban J connectivity index is 1.45. The summed E-state index contributed by atoms with van der Waals surface area (Å²) in [6.07, 6.45) is 12.7. The number of hydrogen-bond donors (Lipinski definition) is 1.